The molecule has 0 unspecified atom stereocenters. The molecule has 0 spiro atoms. The molecule has 0 atom stereocenters. The van der Waals surface area contributed by atoms with Gasteiger partial charge in [0.2, 0.25) is 0 Å². The maximum Gasteiger partial charge on any atom is 1.00 e. The zero-order valence-corrected chi connectivity index (χ0v) is 60.9. The van der Waals surface area contributed by atoms with Gasteiger partial charge in [-0.1, -0.05) is 146 Å². The van der Waals surface area contributed by atoms with Gasteiger partial charge in [-0.05, 0) is 184 Å². The van der Waals surface area contributed by atoms with Crippen LogP contribution in [0.3, 0.4) is 0 Å². The Kier molecular flexibility index (Phi) is 38.5. The zero-order chi connectivity index (χ0) is 67.4. The summed E-state index contributed by atoms with van der Waals surface area (Å²) in [6.45, 7) is 6.00. The monoisotopic (exact) mass is 1590 g/mol. The summed E-state index contributed by atoms with van der Waals surface area (Å²) in [7, 11) is -14.0. The van der Waals surface area contributed by atoms with Gasteiger partial charge in [0.1, 0.15) is 65.3 Å². The smallest absolute Gasteiger partial charge is 0.497 e. The standard InChI is InChI=1S/2C31H27NOP2.3C4H8O.2Ag.2BF4/c2*1-33-27-24-22-26(23-25-27)32(34(28-14-6-2-7-15-28)29-16-8-3-9-17-29)35(30-18-10-4-11-19-30)31-20-12-5-13-21-31;3*1-2-4-5-3-1;;;2*2-1(3,4)5/h2*2-25H,1H3;3*1-4H2;;;;/q;;;;;2*+1;2*-1/p+4. The number of hydrogen-bond acceptors (Lipinski definition) is 7. The molecule has 3 fully saturated rings. The van der Waals surface area contributed by atoms with E-state index in [9.17, 15) is 34.5 Å². The van der Waals surface area contributed by atoms with Crippen LogP contribution in [0.2, 0.25) is 0 Å². The van der Waals surface area contributed by atoms with E-state index in [-0.39, 0.29) is 44.8 Å². The second-order valence-electron chi connectivity index (χ2n) is 21.3. The Bertz CT molecular complexity index is 3000. The molecule has 13 rings (SSSR count). The normalized spacial score (nSPS) is 12.8. The molecule has 0 amide bonds. The van der Waals surface area contributed by atoms with E-state index in [4.69, 9.17) is 23.7 Å². The second kappa shape index (κ2) is 45.7. The molecule has 10 aromatic rings. The number of benzene rings is 10. The van der Waals surface area contributed by atoms with E-state index >= 15 is 0 Å². The molecule has 0 aromatic heterocycles. The van der Waals surface area contributed by atoms with E-state index in [1.54, 1.807) is 14.2 Å². The van der Waals surface area contributed by atoms with Crippen molar-refractivity contribution in [3.05, 3.63) is 291 Å². The SMILES string of the molecule is C1CCOC1.C1CCOC1.C1CCOC1.COc1ccc(N([PH+](c2ccccc2)c2ccccc2)[PH+](c2ccccc2)c2ccccc2)cc1.COc1ccc(N([PH+](c2ccccc2)c2ccccc2)[PH+](c2ccccc2)c2ccccc2)cc1.F[B-](F)(F)F.F[B-](F)(F)F.[Ag+].[Ag+]. The van der Waals surface area contributed by atoms with Crippen molar-refractivity contribution >= 4 is 101 Å². The zero-order valence-electron chi connectivity index (χ0n) is 53.9. The molecular weight excluding hydrogens is 1510 g/mol. The van der Waals surface area contributed by atoms with E-state index in [1.165, 1.54) is 92.3 Å². The van der Waals surface area contributed by atoms with Crippen LogP contribution in [0.1, 0.15) is 38.5 Å². The van der Waals surface area contributed by atoms with E-state index in [0.717, 1.165) is 51.1 Å². The fourth-order valence-corrected chi connectivity index (χ4v) is 24.2. The van der Waals surface area contributed by atoms with Crippen molar-refractivity contribution in [1.29, 1.82) is 0 Å². The van der Waals surface area contributed by atoms with Crippen molar-refractivity contribution in [2.45, 2.75) is 38.5 Å². The Hall–Kier alpha value is -5.95. The van der Waals surface area contributed by atoms with Crippen LogP contribution < -0.4 is 60.8 Å². The summed E-state index contributed by atoms with van der Waals surface area (Å²) in [5.74, 6) is 1.74. The Morgan fingerprint density at radius 3 is 0.515 bits per heavy atom. The largest absolute Gasteiger partial charge is 1.00 e. The van der Waals surface area contributed by atoms with Gasteiger partial charge in [-0.2, -0.15) is 0 Å². The van der Waals surface area contributed by atoms with Crippen molar-refractivity contribution in [2.75, 3.05) is 62.7 Å². The van der Waals surface area contributed by atoms with E-state index in [1.807, 2.05) is 0 Å². The van der Waals surface area contributed by atoms with E-state index in [2.05, 4.69) is 300 Å². The van der Waals surface area contributed by atoms with Crippen molar-refractivity contribution in [2.24, 2.45) is 0 Å². The average molecular weight is 1590 g/mol. The molecule has 0 saturated carbocycles. The Morgan fingerprint density at radius 1 is 0.258 bits per heavy atom. The van der Waals surface area contributed by atoms with E-state index in [0.29, 0.717) is 0 Å². The molecule has 3 heterocycles. The molecule has 3 aliphatic rings. The summed E-state index contributed by atoms with van der Waals surface area (Å²) >= 11 is 0. The number of anilines is 2. The minimum absolute atomic E-state index is 0. The Balaban J connectivity index is 0.000000254. The maximum atomic E-state index is 9.75. The number of ether oxygens (including phenoxy) is 5. The number of rotatable bonds is 16. The fraction of sp³-hybridized carbons (Fsp3) is 0.189. The first kappa shape index (κ1) is 81.7. The average Bonchev–Trinajstić information content (AvgIpc) is 0.918. The van der Waals surface area contributed by atoms with Crippen LogP contribution in [0.5, 0.6) is 11.5 Å². The molecule has 10 aromatic carbocycles. The molecular formula is C74H82Ag2B2F8N2O5P4+4. The third-order valence-corrected chi connectivity index (χ3v) is 27.0. The van der Waals surface area contributed by atoms with Gasteiger partial charge >= 0.3 is 59.3 Å². The van der Waals surface area contributed by atoms with Gasteiger partial charge < -0.3 is 58.2 Å². The van der Waals surface area contributed by atoms with Gasteiger partial charge in [-0.3, -0.25) is 0 Å². The molecule has 3 aliphatic heterocycles. The third-order valence-electron chi connectivity index (χ3n) is 14.4. The quantitative estimate of drug-likeness (QED) is 0.0543. The van der Waals surface area contributed by atoms with Crippen LogP contribution in [-0.2, 0) is 59.0 Å². The fourth-order valence-electron chi connectivity index (χ4n) is 10.2. The minimum atomic E-state index is -6.00. The van der Waals surface area contributed by atoms with Crippen LogP contribution in [0.15, 0.2) is 291 Å². The molecule has 0 bridgehead atoms. The summed E-state index contributed by atoms with van der Waals surface area (Å²) in [5.41, 5.74) is 2.43. The second-order valence-corrected chi connectivity index (χ2v) is 31.4. The molecule has 0 radical (unpaired) electrons. The number of nitrogens with zero attached hydrogens (tertiary/aromatic N) is 2. The first-order chi connectivity index (χ1) is 46.2. The summed E-state index contributed by atoms with van der Waals surface area (Å²) in [6.07, 6.45) is 7.67. The van der Waals surface area contributed by atoms with Gasteiger partial charge in [0.05, 0.1) is 14.2 Å². The van der Waals surface area contributed by atoms with Gasteiger partial charge in [0.15, 0.2) is 32.3 Å². The number of methoxy groups -OCH3 is 2. The summed E-state index contributed by atoms with van der Waals surface area (Å²) in [4.78, 5) is 0. The Morgan fingerprint density at radius 2 is 0.402 bits per heavy atom. The van der Waals surface area contributed by atoms with E-state index < -0.39 is 46.8 Å². The molecule has 7 nitrogen and oxygen atoms in total. The minimum Gasteiger partial charge on any atom is -0.497 e. The molecule has 518 valence electrons. The topological polar surface area (TPSA) is 52.6 Å². The molecule has 97 heavy (non-hydrogen) atoms. The molecule has 23 heteroatoms. The first-order valence-electron chi connectivity index (χ1n) is 31.5. The predicted octanol–water partition coefficient (Wildman–Crippen LogP) is 17.1. The van der Waals surface area contributed by atoms with Crippen LogP contribution >= 0.6 is 32.3 Å². The van der Waals surface area contributed by atoms with Crippen LogP contribution in [0.25, 0.3) is 0 Å². The molecule has 0 N–H and O–H groups in total. The van der Waals surface area contributed by atoms with Crippen molar-refractivity contribution in [1.82, 2.24) is 0 Å². The summed E-state index contributed by atoms with van der Waals surface area (Å²) in [5, 5.41) is 11.0. The van der Waals surface area contributed by atoms with Crippen molar-refractivity contribution in [3.8, 4) is 11.5 Å². The van der Waals surface area contributed by atoms with Gasteiger partial charge in [-0.15, -0.1) is 8.88 Å². The maximum absolute atomic E-state index is 9.75. The van der Waals surface area contributed by atoms with Gasteiger partial charge in [-0.25, -0.2) is 0 Å². The first-order valence-corrected chi connectivity index (χ1v) is 37.3. The molecule has 3 saturated heterocycles. The Labute approximate surface area is 603 Å². The van der Waals surface area contributed by atoms with Gasteiger partial charge in [0, 0.05) is 39.6 Å². The summed E-state index contributed by atoms with van der Waals surface area (Å²) < 4.78 is 109. The van der Waals surface area contributed by atoms with Crippen LogP contribution in [0, 0.1) is 0 Å². The number of halogens is 8. The van der Waals surface area contributed by atoms with Crippen molar-refractivity contribution < 1.29 is 103 Å². The van der Waals surface area contributed by atoms with Crippen molar-refractivity contribution in [3.63, 3.8) is 0 Å². The molecule has 0 aliphatic carbocycles. The number of hydrogen-bond donors (Lipinski definition) is 0. The van der Waals surface area contributed by atoms with Gasteiger partial charge in [0.25, 0.3) is 0 Å². The summed E-state index contributed by atoms with van der Waals surface area (Å²) in [6, 6.07) is 105. The van der Waals surface area contributed by atoms with Crippen LogP contribution in [-0.4, -0.2) is 68.4 Å². The predicted molar refractivity (Wildman–Crippen MR) is 393 cm³/mol. The third kappa shape index (κ3) is 29.8. The van der Waals surface area contributed by atoms with Crippen LogP contribution in [0.4, 0.5) is 45.9 Å².